The van der Waals surface area contributed by atoms with Crippen LogP contribution in [0.3, 0.4) is 0 Å². The molecule has 4 aromatic rings. The smallest absolute Gasteiger partial charge is 0.261 e. The summed E-state index contributed by atoms with van der Waals surface area (Å²) in [4.78, 5) is 34.1. The van der Waals surface area contributed by atoms with Gasteiger partial charge in [-0.2, -0.15) is 0 Å². The summed E-state index contributed by atoms with van der Waals surface area (Å²) in [6.07, 6.45) is 0. The van der Waals surface area contributed by atoms with Gasteiger partial charge in [-0.1, -0.05) is 30.0 Å². The highest BCUT2D eigenvalue weighted by atomic mass is 32.2. The zero-order valence-corrected chi connectivity index (χ0v) is 19.4. The number of benzene rings is 2. The van der Waals surface area contributed by atoms with Gasteiger partial charge < -0.3 is 5.32 Å². The lowest BCUT2D eigenvalue weighted by molar-refractivity contribution is -0.113. The molecule has 0 bridgehead atoms. The van der Waals surface area contributed by atoms with Crippen LogP contribution >= 0.6 is 23.1 Å². The van der Waals surface area contributed by atoms with Gasteiger partial charge in [-0.25, -0.2) is 9.97 Å². The Balaban J connectivity index is 1.46. The van der Waals surface area contributed by atoms with E-state index in [4.69, 9.17) is 0 Å². The molecule has 6 nitrogen and oxygen atoms in total. The van der Waals surface area contributed by atoms with Crippen LogP contribution in [0.1, 0.15) is 16.7 Å². The third-order valence-corrected chi connectivity index (χ3v) is 6.93. The van der Waals surface area contributed by atoms with E-state index in [1.807, 2.05) is 17.5 Å². The molecule has 0 atom stereocenters. The number of para-hydroxylation sites is 1. The van der Waals surface area contributed by atoms with Crippen LogP contribution in [0, 0.1) is 20.8 Å². The van der Waals surface area contributed by atoms with Crippen molar-refractivity contribution in [1.29, 1.82) is 0 Å². The number of hydrogen-bond acceptors (Lipinski definition) is 6. The van der Waals surface area contributed by atoms with Crippen molar-refractivity contribution in [3.63, 3.8) is 0 Å². The Morgan fingerprint density at radius 2 is 1.84 bits per heavy atom. The summed E-state index contributed by atoms with van der Waals surface area (Å²) in [5.41, 5.74) is 6.05. The molecule has 158 valence electrons. The number of carbonyl (C=O) groups is 1. The highest BCUT2D eigenvalue weighted by Crippen LogP contribution is 2.29. The molecule has 2 heterocycles. The van der Waals surface area contributed by atoms with Crippen LogP contribution in [-0.4, -0.2) is 26.2 Å². The maximum Gasteiger partial charge on any atom is 0.261 e. The minimum absolute atomic E-state index is 0.123. The Kier molecular flexibility index (Phi) is 5.93. The van der Waals surface area contributed by atoms with Gasteiger partial charge in [0.15, 0.2) is 10.3 Å². The molecule has 0 saturated heterocycles. The van der Waals surface area contributed by atoms with Crippen molar-refractivity contribution in [2.75, 3.05) is 11.1 Å². The van der Waals surface area contributed by atoms with Crippen LogP contribution in [0.4, 0.5) is 5.13 Å². The largest absolute Gasteiger partial charge is 0.301 e. The second-order valence-electron chi connectivity index (χ2n) is 7.40. The van der Waals surface area contributed by atoms with E-state index in [9.17, 15) is 9.59 Å². The monoisotopic (exact) mass is 450 g/mol. The quantitative estimate of drug-likeness (QED) is 0.352. The Labute approximate surface area is 188 Å². The summed E-state index contributed by atoms with van der Waals surface area (Å²) in [6, 6.07) is 11.5. The van der Waals surface area contributed by atoms with Crippen LogP contribution in [0.5, 0.6) is 0 Å². The average Bonchev–Trinajstić information content (AvgIpc) is 3.20. The second-order valence-corrected chi connectivity index (χ2v) is 9.20. The SMILES string of the molecule is Cc1cc(C)c(-c2csc(NC(=O)CSc3nc4ccccc4c(=O)n3C)n2)cc1C. The summed E-state index contributed by atoms with van der Waals surface area (Å²) in [6.45, 7) is 6.24. The van der Waals surface area contributed by atoms with Gasteiger partial charge in [0.05, 0.1) is 22.3 Å². The van der Waals surface area contributed by atoms with E-state index in [1.165, 1.54) is 38.8 Å². The normalized spacial score (nSPS) is 11.1. The first kappa shape index (κ1) is 21.3. The fourth-order valence-electron chi connectivity index (χ4n) is 3.30. The third-order valence-electron chi connectivity index (χ3n) is 5.14. The van der Waals surface area contributed by atoms with Crippen molar-refractivity contribution in [2.24, 2.45) is 7.05 Å². The molecule has 31 heavy (non-hydrogen) atoms. The molecule has 1 amide bonds. The molecule has 4 rings (SSSR count). The first-order chi connectivity index (χ1) is 14.8. The Hall–Kier alpha value is -2.97. The number of anilines is 1. The molecule has 8 heteroatoms. The molecular weight excluding hydrogens is 428 g/mol. The first-order valence-corrected chi connectivity index (χ1v) is 11.6. The van der Waals surface area contributed by atoms with Crippen LogP contribution in [0.2, 0.25) is 0 Å². The van der Waals surface area contributed by atoms with Crippen molar-refractivity contribution in [1.82, 2.24) is 14.5 Å². The Bertz CT molecular complexity index is 1360. The molecule has 0 fully saturated rings. The van der Waals surface area contributed by atoms with Crippen molar-refractivity contribution in [3.05, 3.63) is 68.8 Å². The maximum absolute atomic E-state index is 12.5. The van der Waals surface area contributed by atoms with E-state index in [1.54, 1.807) is 19.2 Å². The summed E-state index contributed by atoms with van der Waals surface area (Å²) >= 11 is 2.63. The molecule has 1 N–H and O–H groups in total. The minimum atomic E-state index is -0.190. The summed E-state index contributed by atoms with van der Waals surface area (Å²) < 4.78 is 1.48. The highest BCUT2D eigenvalue weighted by Gasteiger charge is 2.13. The topological polar surface area (TPSA) is 76.9 Å². The number of nitrogens with one attached hydrogen (secondary N) is 1. The van der Waals surface area contributed by atoms with Gasteiger partial charge in [-0.05, 0) is 55.7 Å². The first-order valence-electron chi connectivity index (χ1n) is 9.75. The molecule has 0 aliphatic heterocycles. The number of carbonyl (C=O) groups excluding carboxylic acids is 1. The predicted octanol–water partition coefficient (Wildman–Crippen LogP) is 4.71. The summed E-state index contributed by atoms with van der Waals surface area (Å²) in [5.74, 6) is -0.0546. The molecule has 0 radical (unpaired) electrons. The zero-order valence-electron chi connectivity index (χ0n) is 17.7. The summed E-state index contributed by atoms with van der Waals surface area (Å²) in [7, 11) is 1.67. The molecule has 0 aliphatic rings. The lowest BCUT2D eigenvalue weighted by Gasteiger charge is -2.08. The fourth-order valence-corrected chi connectivity index (χ4v) is 4.80. The number of thiazole rings is 1. The van der Waals surface area contributed by atoms with E-state index in [2.05, 4.69) is 48.2 Å². The summed E-state index contributed by atoms with van der Waals surface area (Å²) in [5, 5.41) is 6.43. The number of aromatic nitrogens is 3. The lowest BCUT2D eigenvalue weighted by Crippen LogP contribution is -2.21. The van der Waals surface area contributed by atoms with Crippen molar-refractivity contribution < 1.29 is 4.79 Å². The minimum Gasteiger partial charge on any atom is -0.301 e. The number of thioether (sulfide) groups is 1. The third kappa shape index (κ3) is 4.40. The second kappa shape index (κ2) is 8.64. The molecule has 2 aromatic heterocycles. The molecule has 2 aromatic carbocycles. The fraction of sp³-hybridized carbons (Fsp3) is 0.217. The molecule has 0 saturated carbocycles. The number of rotatable bonds is 5. The van der Waals surface area contributed by atoms with Gasteiger partial charge in [-0.3, -0.25) is 14.2 Å². The molecule has 0 spiro atoms. The molecular formula is C23H22N4O2S2. The highest BCUT2D eigenvalue weighted by molar-refractivity contribution is 7.99. The van der Waals surface area contributed by atoms with Gasteiger partial charge in [0.2, 0.25) is 5.91 Å². The number of nitrogens with zero attached hydrogens (tertiary/aromatic N) is 3. The predicted molar refractivity (Wildman–Crippen MR) is 128 cm³/mol. The Morgan fingerprint density at radius 1 is 1.10 bits per heavy atom. The van der Waals surface area contributed by atoms with Gasteiger partial charge >= 0.3 is 0 Å². The van der Waals surface area contributed by atoms with Crippen LogP contribution in [0.15, 0.2) is 51.7 Å². The van der Waals surface area contributed by atoms with E-state index in [-0.39, 0.29) is 17.2 Å². The maximum atomic E-state index is 12.5. The van der Waals surface area contributed by atoms with E-state index >= 15 is 0 Å². The number of amides is 1. The van der Waals surface area contributed by atoms with E-state index in [0.717, 1.165) is 16.8 Å². The van der Waals surface area contributed by atoms with Gasteiger partial charge in [0, 0.05) is 18.0 Å². The zero-order chi connectivity index (χ0) is 22.1. The van der Waals surface area contributed by atoms with Gasteiger partial charge in [-0.15, -0.1) is 11.3 Å². The lowest BCUT2D eigenvalue weighted by atomic mass is 9.99. The number of aryl methyl sites for hydroxylation is 3. The van der Waals surface area contributed by atoms with Crippen molar-refractivity contribution >= 4 is 45.0 Å². The van der Waals surface area contributed by atoms with E-state index < -0.39 is 0 Å². The van der Waals surface area contributed by atoms with Crippen LogP contribution in [0.25, 0.3) is 22.2 Å². The Morgan fingerprint density at radius 3 is 2.65 bits per heavy atom. The van der Waals surface area contributed by atoms with Gasteiger partial charge in [0.1, 0.15) is 0 Å². The molecule has 0 unspecified atom stereocenters. The standard InChI is InChI=1S/C23H22N4O2S2/c1-13-9-15(3)17(10-14(13)2)19-11-30-22(24-19)26-20(28)12-31-23-25-18-8-6-5-7-16(18)21(29)27(23)4/h5-11H,12H2,1-4H3,(H,24,26,28). The van der Waals surface area contributed by atoms with Crippen LogP contribution < -0.4 is 10.9 Å². The number of fused-ring (bicyclic) bond motifs is 1. The van der Waals surface area contributed by atoms with Crippen molar-refractivity contribution in [2.45, 2.75) is 25.9 Å². The number of hydrogen-bond donors (Lipinski definition) is 1. The molecule has 0 aliphatic carbocycles. The van der Waals surface area contributed by atoms with Gasteiger partial charge in [0.25, 0.3) is 5.56 Å². The van der Waals surface area contributed by atoms with Crippen molar-refractivity contribution in [3.8, 4) is 11.3 Å². The van der Waals surface area contributed by atoms with E-state index in [0.29, 0.717) is 21.2 Å². The van der Waals surface area contributed by atoms with Crippen LogP contribution in [-0.2, 0) is 11.8 Å². The average molecular weight is 451 g/mol.